The summed E-state index contributed by atoms with van der Waals surface area (Å²) in [4.78, 5) is 8.67. The molecule has 2 heterocycles. The fraction of sp³-hybridized carbons (Fsp3) is 0.188. The summed E-state index contributed by atoms with van der Waals surface area (Å²) in [5.74, 6) is 2.46. The third-order valence-electron chi connectivity index (χ3n) is 3.18. The van der Waals surface area contributed by atoms with Crippen molar-refractivity contribution in [3.8, 4) is 0 Å². The van der Waals surface area contributed by atoms with Crippen LogP contribution < -0.4 is 0 Å². The molecule has 1 aromatic carbocycles. The molecule has 0 bridgehead atoms. The lowest BCUT2D eigenvalue weighted by atomic mass is 10.2. The molecule has 3 rings (SSSR count). The largest absolute Gasteiger partial charge is 0.445 e. The minimum Gasteiger partial charge on any atom is -0.445 e. The molecule has 1 N–H and O–H groups in total. The van der Waals surface area contributed by atoms with Crippen LogP contribution in [0.15, 0.2) is 33.8 Å². The Morgan fingerprint density at radius 1 is 1.17 bits per heavy atom. The van der Waals surface area contributed by atoms with Gasteiger partial charge in [0.25, 0.3) is 0 Å². The Kier molecular flexibility index (Phi) is 4.57. The lowest BCUT2D eigenvalue weighted by Gasteiger charge is -1.92. The number of oxazole rings is 1. The van der Waals surface area contributed by atoms with Crippen molar-refractivity contribution in [1.82, 2.24) is 20.2 Å². The maximum Gasteiger partial charge on any atom is 0.209 e. The SMILES string of the molecule is Cc1nc(CSc2n[nH]c(/C=C\c3ccc(F)cc3)n2)oc1C. The number of hydrogen-bond donors (Lipinski definition) is 1. The molecule has 23 heavy (non-hydrogen) atoms. The van der Waals surface area contributed by atoms with Crippen molar-refractivity contribution in [2.24, 2.45) is 0 Å². The van der Waals surface area contributed by atoms with Crippen molar-refractivity contribution in [2.45, 2.75) is 24.8 Å². The second-order valence-electron chi connectivity index (χ2n) is 4.93. The minimum absolute atomic E-state index is 0.252. The van der Waals surface area contributed by atoms with E-state index in [0.717, 1.165) is 17.0 Å². The van der Waals surface area contributed by atoms with Crippen LogP contribution in [-0.4, -0.2) is 20.2 Å². The maximum atomic E-state index is 12.8. The van der Waals surface area contributed by atoms with Gasteiger partial charge in [0, 0.05) is 0 Å². The second kappa shape index (κ2) is 6.78. The van der Waals surface area contributed by atoms with Crippen LogP contribution in [-0.2, 0) is 5.75 Å². The van der Waals surface area contributed by atoms with E-state index >= 15 is 0 Å². The molecule has 0 saturated carbocycles. The van der Waals surface area contributed by atoms with E-state index in [1.807, 2.05) is 19.9 Å². The Balaban J connectivity index is 1.60. The lowest BCUT2D eigenvalue weighted by molar-refractivity contribution is 0.489. The fourth-order valence-corrected chi connectivity index (χ4v) is 2.52. The van der Waals surface area contributed by atoms with Gasteiger partial charge in [-0.05, 0) is 37.6 Å². The molecule has 5 nitrogen and oxygen atoms in total. The molecule has 0 aliphatic carbocycles. The van der Waals surface area contributed by atoms with Crippen molar-refractivity contribution in [1.29, 1.82) is 0 Å². The van der Waals surface area contributed by atoms with Crippen molar-refractivity contribution >= 4 is 23.9 Å². The minimum atomic E-state index is -0.252. The Labute approximate surface area is 137 Å². The third kappa shape index (κ3) is 4.07. The quantitative estimate of drug-likeness (QED) is 0.716. The number of halogens is 1. The highest BCUT2D eigenvalue weighted by molar-refractivity contribution is 7.98. The Bertz CT molecular complexity index is 803. The van der Waals surface area contributed by atoms with Gasteiger partial charge in [-0.15, -0.1) is 5.10 Å². The Morgan fingerprint density at radius 3 is 2.65 bits per heavy atom. The van der Waals surface area contributed by atoms with E-state index in [1.165, 1.54) is 23.9 Å². The average Bonchev–Trinajstić information content (AvgIpc) is 3.12. The van der Waals surface area contributed by atoms with Gasteiger partial charge >= 0.3 is 0 Å². The molecule has 0 spiro atoms. The van der Waals surface area contributed by atoms with E-state index in [0.29, 0.717) is 22.6 Å². The zero-order valence-corrected chi connectivity index (χ0v) is 13.5. The highest BCUT2D eigenvalue weighted by Crippen LogP contribution is 2.20. The summed E-state index contributed by atoms with van der Waals surface area (Å²) >= 11 is 1.45. The first-order valence-electron chi connectivity index (χ1n) is 7.02. The van der Waals surface area contributed by atoms with Crippen LogP contribution in [0.25, 0.3) is 12.2 Å². The molecule has 0 amide bonds. The van der Waals surface area contributed by atoms with Crippen LogP contribution in [0.1, 0.15) is 28.7 Å². The molecule has 3 aromatic rings. The predicted molar refractivity (Wildman–Crippen MR) is 87.2 cm³/mol. The van der Waals surface area contributed by atoms with E-state index in [9.17, 15) is 4.39 Å². The summed E-state index contributed by atoms with van der Waals surface area (Å²) in [6, 6.07) is 6.24. The highest BCUT2D eigenvalue weighted by atomic mass is 32.2. The summed E-state index contributed by atoms with van der Waals surface area (Å²) in [7, 11) is 0. The summed E-state index contributed by atoms with van der Waals surface area (Å²) in [6.45, 7) is 3.81. The zero-order chi connectivity index (χ0) is 16.2. The first-order valence-corrected chi connectivity index (χ1v) is 8.00. The molecule has 0 aliphatic heterocycles. The van der Waals surface area contributed by atoms with Gasteiger partial charge in [-0.25, -0.2) is 14.4 Å². The third-order valence-corrected chi connectivity index (χ3v) is 4.02. The molecule has 118 valence electrons. The Hall–Kier alpha value is -2.41. The normalized spacial score (nSPS) is 11.4. The molecule has 0 atom stereocenters. The number of nitrogens with zero attached hydrogens (tertiary/aromatic N) is 3. The monoisotopic (exact) mass is 330 g/mol. The van der Waals surface area contributed by atoms with Crippen LogP contribution in [0.3, 0.4) is 0 Å². The average molecular weight is 330 g/mol. The van der Waals surface area contributed by atoms with Crippen LogP contribution in [0, 0.1) is 19.7 Å². The number of aryl methyl sites for hydroxylation is 2. The predicted octanol–water partition coefficient (Wildman–Crippen LogP) is 4.01. The van der Waals surface area contributed by atoms with Gasteiger partial charge < -0.3 is 4.42 Å². The standard InChI is InChI=1S/C16H15FN4OS/c1-10-11(2)22-15(18-10)9-23-16-19-14(20-21-16)8-5-12-3-6-13(17)7-4-12/h3-8H,9H2,1-2H3,(H,19,20,21)/b8-5-. The number of aromatic nitrogens is 4. The van der Waals surface area contributed by atoms with E-state index < -0.39 is 0 Å². The first-order chi connectivity index (χ1) is 11.1. The van der Waals surface area contributed by atoms with Crippen LogP contribution in [0.5, 0.6) is 0 Å². The molecule has 0 radical (unpaired) electrons. The second-order valence-corrected chi connectivity index (χ2v) is 5.87. The smallest absolute Gasteiger partial charge is 0.209 e. The summed E-state index contributed by atoms with van der Waals surface area (Å²) in [5, 5.41) is 7.60. The van der Waals surface area contributed by atoms with Crippen molar-refractivity contribution in [2.75, 3.05) is 0 Å². The number of benzene rings is 1. The van der Waals surface area contributed by atoms with Gasteiger partial charge in [0.1, 0.15) is 17.4 Å². The zero-order valence-electron chi connectivity index (χ0n) is 12.7. The van der Waals surface area contributed by atoms with Gasteiger partial charge in [0.2, 0.25) is 11.0 Å². The Morgan fingerprint density at radius 2 is 1.96 bits per heavy atom. The molecular formula is C16H15FN4OS. The van der Waals surface area contributed by atoms with E-state index in [1.54, 1.807) is 18.2 Å². The molecule has 0 saturated heterocycles. The molecule has 2 aromatic heterocycles. The maximum absolute atomic E-state index is 12.8. The molecule has 0 unspecified atom stereocenters. The van der Waals surface area contributed by atoms with E-state index in [4.69, 9.17) is 4.42 Å². The molecule has 7 heteroatoms. The lowest BCUT2D eigenvalue weighted by Crippen LogP contribution is -1.82. The number of thioether (sulfide) groups is 1. The number of hydrogen-bond acceptors (Lipinski definition) is 5. The topological polar surface area (TPSA) is 67.6 Å². The molecule has 0 aliphatic rings. The van der Waals surface area contributed by atoms with Gasteiger partial charge in [0.15, 0.2) is 0 Å². The van der Waals surface area contributed by atoms with Crippen molar-refractivity contribution in [3.63, 3.8) is 0 Å². The summed E-state index contributed by atoms with van der Waals surface area (Å²) in [5.41, 5.74) is 1.79. The van der Waals surface area contributed by atoms with Crippen LogP contribution in [0.2, 0.25) is 0 Å². The van der Waals surface area contributed by atoms with Gasteiger partial charge in [-0.1, -0.05) is 30.0 Å². The van der Waals surface area contributed by atoms with E-state index in [2.05, 4.69) is 20.2 Å². The fourth-order valence-electron chi connectivity index (χ4n) is 1.87. The summed E-state index contributed by atoms with van der Waals surface area (Å²) < 4.78 is 18.4. The number of aromatic amines is 1. The first kappa shape index (κ1) is 15.5. The number of H-pyrrole nitrogens is 1. The van der Waals surface area contributed by atoms with E-state index in [-0.39, 0.29) is 5.82 Å². The van der Waals surface area contributed by atoms with Gasteiger partial charge in [-0.3, -0.25) is 5.10 Å². The number of nitrogens with one attached hydrogen (secondary N) is 1. The highest BCUT2D eigenvalue weighted by Gasteiger charge is 2.08. The van der Waals surface area contributed by atoms with Gasteiger partial charge in [-0.2, -0.15) is 0 Å². The van der Waals surface area contributed by atoms with Crippen LogP contribution >= 0.6 is 11.8 Å². The molecule has 0 fully saturated rings. The number of rotatable bonds is 5. The molecular weight excluding hydrogens is 315 g/mol. The van der Waals surface area contributed by atoms with Crippen LogP contribution in [0.4, 0.5) is 4.39 Å². The van der Waals surface area contributed by atoms with Gasteiger partial charge in [0.05, 0.1) is 11.4 Å². The van der Waals surface area contributed by atoms with Crippen molar-refractivity contribution in [3.05, 3.63) is 58.8 Å². The summed E-state index contributed by atoms with van der Waals surface area (Å²) in [6.07, 6.45) is 3.64. The van der Waals surface area contributed by atoms with Crippen molar-refractivity contribution < 1.29 is 8.81 Å².